The summed E-state index contributed by atoms with van der Waals surface area (Å²) < 4.78 is 33.5. The molecular weight excluding hydrogens is 543 g/mol. The molecule has 0 aromatic heterocycles. The minimum Gasteiger partial charge on any atom is -0.457 e. The lowest BCUT2D eigenvalue weighted by molar-refractivity contribution is 0.0395. The van der Waals surface area contributed by atoms with Crippen LogP contribution in [0.4, 0.5) is 0 Å². The predicted octanol–water partition coefficient (Wildman–Crippen LogP) is 10.4. The molecule has 7 rings (SSSR count). The van der Waals surface area contributed by atoms with Crippen LogP contribution in [0.2, 0.25) is 0 Å². The van der Waals surface area contributed by atoms with Crippen molar-refractivity contribution in [1.82, 2.24) is 0 Å². The molecule has 5 atom stereocenters. The van der Waals surface area contributed by atoms with E-state index in [0.29, 0.717) is 35.0 Å². The molecular formula is C36H37O5P. The fourth-order valence-corrected chi connectivity index (χ4v) is 8.12. The van der Waals surface area contributed by atoms with E-state index < -0.39 is 14.0 Å². The second-order valence-corrected chi connectivity index (χ2v) is 13.3. The molecule has 1 fully saturated rings. The Labute approximate surface area is 249 Å². The Kier molecular flexibility index (Phi) is 7.12. The van der Waals surface area contributed by atoms with E-state index >= 15 is 0 Å². The summed E-state index contributed by atoms with van der Waals surface area (Å²) in [4.78, 5) is 0. The number of hydrogen-bond donors (Lipinski definition) is 0. The summed E-state index contributed by atoms with van der Waals surface area (Å²) in [6.07, 6.45) is 3.42. The largest absolute Gasteiger partial charge is 0.463 e. The molecule has 4 aromatic rings. The van der Waals surface area contributed by atoms with Gasteiger partial charge in [0.05, 0.1) is 17.1 Å². The molecule has 0 amide bonds. The quantitative estimate of drug-likeness (QED) is 0.226. The molecule has 0 saturated heterocycles. The van der Waals surface area contributed by atoms with E-state index in [2.05, 4.69) is 52.0 Å². The predicted molar refractivity (Wildman–Crippen MR) is 166 cm³/mol. The van der Waals surface area contributed by atoms with Crippen LogP contribution in [-0.2, 0) is 9.94 Å². The second kappa shape index (κ2) is 10.9. The van der Waals surface area contributed by atoms with Gasteiger partial charge in [0.25, 0.3) is 0 Å². The minimum absolute atomic E-state index is 0.0517. The highest BCUT2D eigenvalue weighted by molar-refractivity contribution is 7.42. The lowest BCUT2D eigenvalue weighted by atomic mass is 9.68. The third kappa shape index (κ3) is 4.83. The zero-order valence-corrected chi connectivity index (χ0v) is 25.5. The molecule has 2 heterocycles. The zero-order valence-electron chi connectivity index (χ0n) is 24.6. The molecule has 1 saturated carbocycles. The Morgan fingerprint density at radius 2 is 1.38 bits per heavy atom. The van der Waals surface area contributed by atoms with Crippen molar-refractivity contribution in [3.05, 3.63) is 108 Å². The maximum atomic E-state index is 6.87. The summed E-state index contributed by atoms with van der Waals surface area (Å²) in [7, 11) is -1.80. The van der Waals surface area contributed by atoms with E-state index in [0.717, 1.165) is 46.8 Å². The molecule has 2 bridgehead atoms. The standard InChI is InChI=1S/C36H37O5P/c1-23(2)27-20-19-24(3)21-34(27)41-42-39-26-12-9-11-25(22-26)37-30-15-7-5-13-28(30)36(4)29-14-6-8-16-31(29)38-32-17-10-18-33(40-42)35(32)36/h5-18,22-24,27,34H,19-21H2,1-4H3/t24-,27+,34-,36-,42?/m0/s1. The van der Waals surface area contributed by atoms with Crippen LogP contribution < -0.4 is 18.5 Å². The topological polar surface area (TPSA) is 46.2 Å². The first-order valence-electron chi connectivity index (χ1n) is 15.0. The first kappa shape index (κ1) is 27.3. The van der Waals surface area contributed by atoms with Gasteiger partial charge >= 0.3 is 8.60 Å². The molecule has 0 radical (unpaired) electrons. The van der Waals surface area contributed by atoms with Gasteiger partial charge in [0, 0.05) is 17.2 Å². The SMILES string of the molecule is CC(C)[C@H]1CC[C@H](C)C[C@@H]1OP1Oc2cccc(c2)Oc2ccccc2[C@@]2(C)c3ccccc3Oc3cccc(c32)O1. The Balaban J connectivity index is 1.41. The maximum absolute atomic E-state index is 6.87. The first-order valence-corrected chi connectivity index (χ1v) is 16.1. The number of benzene rings is 4. The monoisotopic (exact) mass is 580 g/mol. The summed E-state index contributed by atoms with van der Waals surface area (Å²) in [5.41, 5.74) is 2.36. The Morgan fingerprint density at radius 1 is 0.738 bits per heavy atom. The number of hydrogen-bond acceptors (Lipinski definition) is 5. The van der Waals surface area contributed by atoms with Crippen molar-refractivity contribution < 1.29 is 23.0 Å². The van der Waals surface area contributed by atoms with Gasteiger partial charge < -0.3 is 18.5 Å². The van der Waals surface area contributed by atoms with Gasteiger partial charge in [-0.3, -0.25) is 4.52 Å². The van der Waals surface area contributed by atoms with Crippen molar-refractivity contribution in [2.45, 2.75) is 58.5 Å². The van der Waals surface area contributed by atoms with Crippen LogP contribution in [0.5, 0.6) is 34.5 Å². The lowest BCUT2D eigenvalue weighted by Crippen LogP contribution is -2.34. The Bertz CT molecular complexity index is 1600. The number of fused-ring (bicyclic) bond motifs is 6. The van der Waals surface area contributed by atoms with Crippen molar-refractivity contribution in [3.8, 4) is 34.5 Å². The average molecular weight is 581 g/mol. The van der Waals surface area contributed by atoms with Crippen LogP contribution in [0.3, 0.4) is 0 Å². The van der Waals surface area contributed by atoms with E-state index in [1.54, 1.807) is 0 Å². The normalized spacial score (nSPS) is 26.0. The van der Waals surface area contributed by atoms with E-state index in [4.69, 9.17) is 23.0 Å². The van der Waals surface area contributed by atoms with Crippen molar-refractivity contribution in [3.63, 3.8) is 0 Å². The lowest BCUT2D eigenvalue weighted by Gasteiger charge is -2.40. The van der Waals surface area contributed by atoms with Crippen molar-refractivity contribution in [1.29, 1.82) is 0 Å². The van der Waals surface area contributed by atoms with Gasteiger partial charge in [-0.05, 0) is 73.9 Å². The highest BCUT2D eigenvalue weighted by Gasteiger charge is 2.45. The number of para-hydroxylation sites is 2. The molecule has 4 aromatic carbocycles. The molecule has 1 aliphatic carbocycles. The number of rotatable bonds is 3. The van der Waals surface area contributed by atoms with Gasteiger partial charge in [-0.2, -0.15) is 0 Å². The van der Waals surface area contributed by atoms with Crippen LogP contribution in [0, 0.1) is 17.8 Å². The second-order valence-electron chi connectivity index (χ2n) is 12.3. The molecule has 3 aliphatic rings. The maximum Gasteiger partial charge on any atom is 0.463 e. The van der Waals surface area contributed by atoms with Gasteiger partial charge in [-0.15, -0.1) is 0 Å². The minimum atomic E-state index is -1.80. The van der Waals surface area contributed by atoms with E-state index in [1.807, 2.05) is 66.7 Å². The summed E-state index contributed by atoms with van der Waals surface area (Å²) in [5.74, 6) is 5.92. The van der Waals surface area contributed by atoms with Crippen LogP contribution in [0.25, 0.3) is 0 Å². The van der Waals surface area contributed by atoms with Crippen LogP contribution >= 0.6 is 8.60 Å². The average Bonchev–Trinajstić information content (AvgIpc) is 2.97. The van der Waals surface area contributed by atoms with Crippen molar-refractivity contribution >= 4 is 8.60 Å². The first-order chi connectivity index (χ1) is 20.4. The summed E-state index contributed by atoms with van der Waals surface area (Å²) in [6, 6.07) is 30.2. The van der Waals surface area contributed by atoms with E-state index in [9.17, 15) is 0 Å². The van der Waals surface area contributed by atoms with Gasteiger partial charge in [0.1, 0.15) is 34.5 Å². The van der Waals surface area contributed by atoms with Crippen molar-refractivity contribution in [2.75, 3.05) is 0 Å². The van der Waals surface area contributed by atoms with Crippen LogP contribution in [0.1, 0.15) is 63.6 Å². The van der Waals surface area contributed by atoms with Gasteiger partial charge in [-0.1, -0.05) is 75.7 Å². The molecule has 0 spiro atoms. The third-order valence-corrected chi connectivity index (χ3v) is 10.3. The molecule has 216 valence electrons. The van der Waals surface area contributed by atoms with Gasteiger partial charge in [0.15, 0.2) is 0 Å². The summed E-state index contributed by atoms with van der Waals surface area (Å²) in [6.45, 7) is 9.12. The fourth-order valence-electron chi connectivity index (χ4n) is 6.93. The van der Waals surface area contributed by atoms with E-state index in [-0.39, 0.29) is 6.10 Å². The molecule has 1 unspecified atom stereocenters. The molecule has 2 aliphatic heterocycles. The zero-order chi connectivity index (χ0) is 28.8. The Hall–Kier alpha value is -3.53. The summed E-state index contributed by atoms with van der Waals surface area (Å²) >= 11 is 0. The molecule has 0 N–H and O–H groups in total. The van der Waals surface area contributed by atoms with Gasteiger partial charge in [-0.25, -0.2) is 0 Å². The van der Waals surface area contributed by atoms with Crippen LogP contribution in [0.15, 0.2) is 91.0 Å². The van der Waals surface area contributed by atoms with Crippen LogP contribution in [-0.4, -0.2) is 6.10 Å². The summed E-state index contributed by atoms with van der Waals surface area (Å²) in [5, 5.41) is 0. The smallest absolute Gasteiger partial charge is 0.457 e. The molecule has 42 heavy (non-hydrogen) atoms. The third-order valence-electron chi connectivity index (χ3n) is 9.13. The van der Waals surface area contributed by atoms with Crippen molar-refractivity contribution in [2.24, 2.45) is 17.8 Å². The molecule has 6 heteroatoms. The highest BCUT2D eigenvalue weighted by atomic mass is 31.2. The number of ether oxygens (including phenoxy) is 2. The fraction of sp³-hybridized carbons (Fsp3) is 0.333. The molecule has 5 nitrogen and oxygen atoms in total. The Morgan fingerprint density at radius 3 is 2.14 bits per heavy atom. The highest BCUT2D eigenvalue weighted by Crippen LogP contribution is 2.59. The van der Waals surface area contributed by atoms with Gasteiger partial charge in [0.2, 0.25) is 0 Å². The van der Waals surface area contributed by atoms with E-state index in [1.165, 1.54) is 6.42 Å².